The zero-order valence-electron chi connectivity index (χ0n) is 16.5. The van der Waals surface area contributed by atoms with Gasteiger partial charge >= 0.3 is 6.18 Å². The number of amides is 2. The van der Waals surface area contributed by atoms with Crippen molar-refractivity contribution in [3.63, 3.8) is 0 Å². The number of aromatic nitrogens is 1. The van der Waals surface area contributed by atoms with Crippen molar-refractivity contribution in [1.29, 1.82) is 5.26 Å². The Labute approximate surface area is 183 Å². The lowest BCUT2D eigenvalue weighted by Gasteiger charge is -2.19. The smallest absolute Gasteiger partial charge is 0.342 e. The van der Waals surface area contributed by atoms with Gasteiger partial charge in [0.2, 0.25) is 5.91 Å². The van der Waals surface area contributed by atoms with E-state index in [2.05, 4.69) is 10.3 Å². The van der Waals surface area contributed by atoms with E-state index in [4.69, 9.17) is 5.26 Å². The highest BCUT2D eigenvalue weighted by molar-refractivity contribution is 7.09. The molecule has 3 rings (SSSR count). The number of likely N-dealkylation sites (tertiary alicyclic amines) is 1. The molecule has 2 amide bonds. The first-order chi connectivity index (χ1) is 15.0. The van der Waals surface area contributed by atoms with Crippen LogP contribution in [0.1, 0.15) is 33.0 Å². The number of nitrogens with zero attached hydrogens (tertiary/aromatic N) is 3. The van der Waals surface area contributed by atoms with E-state index in [0.717, 1.165) is 17.0 Å². The molecule has 0 aliphatic carbocycles. The number of benzene rings is 1. The largest absolute Gasteiger partial charge is 0.416 e. The minimum absolute atomic E-state index is 0.0359. The van der Waals surface area contributed by atoms with E-state index in [1.165, 1.54) is 28.8 Å². The molecule has 6 nitrogen and oxygen atoms in total. The van der Waals surface area contributed by atoms with Crippen LogP contribution in [0, 0.1) is 11.3 Å². The first-order valence-corrected chi connectivity index (χ1v) is 10.3. The number of halogens is 5. The number of rotatable bonds is 6. The van der Waals surface area contributed by atoms with Gasteiger partial charge in [-0.15, -0.1) is 11.3 Å². The van der Waals surface area contributed by atoms with Crippen LogP contribution in [-0.2, 0) is 23.8 Å². The molecule has 1 atom stereocenters. The molecule has 0 saturated carbocycles. The number of carbonyl (C=O) groups excluding carboxylic acids is 2. The van der Waals surface area contributed by atoms with Crippen molar-refractivity contribution in [1.82, 2.24) is 15.2 Å². The van der Waals surface area contributed by atoms with Crippen molar-refractivity contribution in [2.45, 2.75) is 37.4 Å². The predicted molar refractivity (Wildman–Crippen MR) is 104 cm³/mol. The average Bonchev–Trinajstić information content (AvgIpc) is 3.33. The van der Waals surface area contributed by atoms with E-state index in [0.29, 0.717) is 23.4 Å². The Balaban J connectivity index is 1.50. The van der Waals surface area contributed by atoms with Crippen molar-refractivity contribution < 1.29 is 31.5 Å². The molecule has 1 saturated heterocycles. The maximum atomic E-state index is 13.4. The zero-order valence-corrected chi connectivity index (χ0v) is 17.3. The fourth-order valence-corrected chi connectivity index (χ4v) is 3.96. The molecule has 2 aromatic rings. The molecule has 12 heteroatoms. The molecule has 0 radical (unpaired) electrons. The van der Waals surface area contributed by atoms with Gasteiger partial charge in [-0.05, 0) is 24.1 Å². The maximum Gasteiger partial charge on any atom is 0.416 e. The molecule has 1 aromatic heterocycles. The standard InChI is InChI=1S/C20H17F5N4O2S/c21-19(22)7-14(8-26)29(11-19)17(30)9-27-18(31)15-10-32-16(28-15)6-3-12-1-4-13(5-2-12)20(23,24)25/h1-2,4-5,10,14H,3,6-7,9,11H2,(H,27,31)/t14-/m0/s1. The van der Waals surface area contributed by atoms with E-state index >= 15 is 0 Å². The molecule has 32 heavy (non-hydrogen) atoms. The predicted octanol–water partition coefficient (Wildman–Crippen LogP) is 3.44. The fourth-order valence-electron chi connectivity index (χ4n) is 3.18. The Morgan fingerprint density at radius 3 is 2.56 bits per heavy atom. The number of nitriles is 1. The van der Waals surface area contributed by atoms with Gasteiger partial charge in [-0.1, -0.05) is 12.1 Å². The monoisotopic (exact) mass is 472 g/mol. The average molecular weight is 472 g/mol. The van der Waals surface area contributed by atoms with Gasteiger partial charge in [-0.3, -0.25) is 9.59 Å². The minimum Gasteiger partial charge on any atom is -0.342 e. The van der Waals surface area contributed by atoms with Crippen molar-refractivity contribution in [3.05, 3.63) is 51.5 Å². The van der Waals surface area contributed by atoms with Crippen LogP contribution in [-0.4, -0.2) is 46.8 Å². The number of hydrogen-bond acceptors (Lipinski definition) is 5. The van der Waals surface area contributed by atoms with E-state index in [1.807, 2.05) is 0 Å². The van der Waals surface area contributed by atoms with Crippen LogP contribution < -0.4 is 5.32 Å². The molecule has 1 aliphatic heterocycles. The lowest BCUT2D eigenvalue weighted by Crippen LogP contribution is -2.43. The SMILES string of the molecule is N#C[C@@H]1CC(F)(F)CN1C(=O)CNC(=O)c1csc(CCc2ccc(C(F)(F)F)cc2)n1. The molecule has 1 N–H and O–H groups in total. The summed E-state index contributed by atoms with van der Waals surface area (Å²) in [5.74, 6) is -4.61. The van der Waals surface area contributed by atoms with Crippen LogP contribution in [0.3, 0.4) is 0 Å². The molecule has 1 aliphatic rings. The highest BCUT2D eigenvalue weighted by Gasteiger charge is 2.47. The maximum absolute atomic E-state index is 13.4. The fraction of sp³-hybridized carbons (Fsp3) is 0.400. The second kappa shape index (κ2) is 9.20. The van der Waals surface area contributed by atoms with Crippen LogP contribution in [0.5, 0.6) is 0 Å². The van der Waals surface area contributed by atoms with Gasteiger partial charge in [0.1, 0.15) is 11.7 Å². The van der Waals surface area contributed by atoms with Crippen LogP contribution in [0.15, 0.2) is 29.6 Å². The lowest BCUT2D eigenvalue weighted by atomic mass is 10.1. The summed E-state index contributed by atoms with van der Waals surface area (Å²) in [6, 6.07) is 5.17. The van der Waals surface area contributed by atoms with Crippen molar-refractivity contribution in [2.24, 2.45) is 0 Å². The first-order valence-electron chi connectivity index (χ1n) is 9.44. The number of alkyl halides is 5. The van der Waals surface area contributed by atoms with E-state index in [1.54, 1.807) is 6.07 Å². The van der Waals surface area contributed by atoms with Crippen LogP contribution in [0.25, 0.3) is 0 Å². The Morgan fingerprint density at radius 1 is 1.25 bits per heavy atom. The Hall–Kier alpha value is -3.07. The normalized spacial score (nSPS) is 17.8. The number of hydrogen-bond donors (Lipinski definition) is 1. The highest BCUT2D eigenvalue weighted by atomic mass is 32.1. The van der Waals surface area contributed by atoms with E-state index < -0.39 is 55.0 Å². The van der Waals surface area contributed by atoms with Gasteiger partial charge in [0, 0.05) is 18.2 Å². The molecule has 1 fully saturated rings. The van der Waals surface area contributed by atoms with Crippen LogP contribution in [0.4, 0.5) is 22.0 Å². The van der Waals surface area contributed by atoms with E-state index in [-0.39, 0.29) is 5.69 Å². The summed E-state index contributed by atoms with van der Waals surface area (Å²) in [6.45, 7) is -1.42. The second-order valence-corrected chi connectivity index (χ2v) is 8.17. The van der Waals surface area contributed by atoms with Gasteiger partial charge in [0.15, 0.2) is 0 Å². The number of aryl methyl sites for hydroxylation is 2. The Morgan fingerprint density at radius 2 is 1.94 bits per heavy atom. The van der Waals surface area contributed by atoms with Gasteiger partial charge in [0.05, 0.1) is 29.7 Å². The van der Waals surface area contributed by atoms with Crippen molar-refractivity contribution in [2.75, 3.05) is 13.1 Å². The molecule has 170 valence electrons. The second-order valence-electron chi connectivity index (χ2n) is 7.23. The molecular weight excluding hydrogens is 455 g/mol. The number of nitrogens with one attached hydrogen (secondary N) is 1. The van der Waals surface area contributed by atoms with Gasteiger partial charge < -0.3 is 10.2 Å². The van der Waals surface area contributed by atoms with Crippen LogP contribution >= 0.6 is 11.3 Å². The summed E-state index contributed by atoms with van der Waals surface area (Å²) < 4.78 is 64.7. The van der Waals surface area contributed by atoms with Gasteiger partial charge in [-0.25, -0.2) is 13.8 Å². The summed E-state index contributed by atoms with van der Waals surface area (Å²) in [4.78, 5) is 29.2. The quantitative estimate of drug-likeness (QED) is 0.653. The zero-order chi connectivity index (χ0) is 23.5. The minimum atomic E-state index is -4.40. The summed E-state index contributed by atoms with van der Waals surface area (Å²) in [7, 11) is 0. The van der Waals surface area contributed by atoms with E-state index in [9.17, 15) is 31.5 Å². The molecule has 0 bridgehead atoms. The summed E-state index contributed by atoms with van der Waals surface area (Å²) >= 11 is 1.18. The van der Waals surface area contributed by atoms with Crippen LogP contribution in [0.2, 0.25) is 0 Å². The number of carbonyl (C=O) groups is 2. The highest BCUT2D eigenvalue weighted by Crippen LogP contribution is 2.31. The molecule has 2 heterocycles. The summed E-state index contributed by atoms with van der Waals surface area (Å²) in [6.07, 6.45) is -4.32. The number of thiazole rings is 1. The lowest BCUT2D eigenvalue weighted by molar-refractivity contribution is -0.137. The Bertz CT molecular complexity index is 1030. The van der Waals surface area contributed by atoms with Gasteiger partial charge in [0.25, 0.3) is 11.8 Å². The van der Waals surface area contributed by atoms with Crippen molar-refractivity contribution in [3.8, 4) is 6.07 Å². The molecule has 0 unspecified atom stereocenters. The molecule has 1 aromatic carbocycles. The third kappa shape index (κ3) is 5.79. The molecule has 0 spiro atoms. The Kier molecular flexibility index (Phi) is 6.78. The molecular formula is C20H17F5N4O2S. The van der Waals surface area contributed by atoms with Crippen molar-refractivity contribution >= 4 is 23.2 Å². The first kappa shape index (κ1) is 23.6. The summed E-state index contributed by atoms with van der Waals surface area (Å²) in [5, 5.41) is 13.3. The van der Waals surface area contributed by atoms with Gasteiger partial charge in [-0.2, -0.15) is 18.4 Å². The topological polar surface area (TPSA) is 86.1 Å². The third-order valence-corrected chi connectivity index (χ3v) is 5.74. The third-order valence-electron chi connectivity index (χ3n) is 4.83. The summed E-state index contributed by atoms with van der Waals surface area (Å²) in [5.41, 5.74) is -0.0178.